The van der Waals surface area contributed by atoms with Crippen molar-refractivity contribution in [3.05, 3.63) is 0 Å². The Hall–Kier alpha value is -0.160. The standard InChI is InChI=1S/C8H16O4/c9-5-7(6-10)1-2-8-11-3-4-12-8/h7-10H,1-6H2. The lowest BCUT2D eigenvalue weighted by atomic mass is 10.1. The first kappa shape index (κ1) is 9.92. The molecule has 0 aliphatic carbocycles. The predicted octanol–water partition coefficient (Wildman–Crippen LogP) is -0.260. The Morgan fingerprint density at radius 2 is 1.75 bits per heavy atom. The van der Waals surface area contributed by atoms with E-state index in [4.69, 9.17) is 19.7 Å². The first-order valence-electron chi connectivity index (χ1n) is 4.31. The second-order valence-corrected chi connectivity index (χ2v) is 2.98. The molecule has 0 unspecified atom stereocenters. The zero-order valence-corrected chi connectivity index (χ0v) is 7.11. The lowest BCUT2D eigenvalue weighted by Crippen LogP contribution is -2.15. The maximum absolute atomic E-state index is 8.76. The fourth-order valence-corrected chi connectivity index (χ4v) is 1.19. The Kier molecular flexibility index (Phi) is 4.53. The van der Waals surface area contributed by atoms with E-state index in [1.807, 2.05) is 0 Å². The molecule has 1 saturated heterocycles. The van der Waals surface area contributed by atoms with E-state index in [0.717, 1.165) is 12.8 Å². The average molecular weight is 176 g/mol. The summed E-state index contributed by atoms with van der Waals surface area (Å²) in [6.07, 6.45) is 1.38. The molecule has 1 rings (SSSR count). The molecule has 0 bridgehead atoms. The number of rotatable bonds is 5. The minimum Gasteiger partial charge on any atom is -0.396 e. The van der Waals surface area contributed by atoms with E-state index in [2.05, 4.69) is 0 Å². The zero-order chi connectivity index (χ0) is 8.81. The zero-order valence-electron chi connectivity index (χ0n) is 7.11. The van der Waals surface area contributed by atoms with Gasteiger partial charge in [-0.05, 0) is 12.8 Å². The minimum absolute atomic E-state index is 0.0298. The molecule has 0 saturated carbocycles. The monoisotopic (exact) mass is 176 g/mol. The van der Waals surface area contributed by atoms with Gasteiger partial charge in [0.2, 0.25) is 0 Å². The van der Waals surface area contributed by atoms with Crippen LogP contribution in [0.25, 0.3) is 0 Å². The Balaban J connectivity index is 2.06. The highest BCUT2D eigenvalue weighted by Crippen LogP contribution is 2.14. The molecule has 2 N–H and O–H groups in total. The fourth-order valence-electron chi connectivity index (χ4n) is 1.19. The second-order valence-electron chi connectivity index (χ2n) is 2.98. The lowest BCUT2D eigenvalue weighted by Gasteiger charge is -2.13. The molecule has 0 aromatic heterocycles. The van der Waals surface area contributed by atoms with Gasteiger partial charge in [-0.2, -0.15) is 0 Å². The van der Waals surface area contributed by atoms with Gasteiger partial charge in [0.15, 0.2) is 6.29 Å². The van der Waals surface area contributed by atoms with Crippen LogP contribution in [0.15, 0.2) is 0 Å². The summed E-state index contributed by atoms with van der Waals surface area (Å²) in [5.74, 6) is -0.0298. The maximum atomic E-state index is 8.76. The van der Waals surface area contributed by atoms with Gasteiger partial charge < -0.3 is 19.7 Å². The van der Waals surface area contributed by atoms with Crippen LogP contribution in [0, 0.1) is 5.92 Å². The van der Waals surface area contributed by atoms with E-state index < -0.39 is 0 Å². The van der Waals surface area contributed by atoms with Crippen LogP contribution in [0.5, 0.6) is 0 Å². The van der Waals surface area contributed by atoms with Crippen molar-refractivity contribution in [2.75, 3.05) is 26.4 Å². The number of hydrogen-bond donors (Lipinski definition) is 2. The second kappa shape index (κ2) is 5.48. The van der Waals surface area contributed by atoms with Gasteiger partial charge in [0.05, 0.1) is 13.2 Å². The molecule has 1 heterocycles. The number of ether oxygens (including phenoxy) is 2. The summed E-state index contributed by atoms with van der Waals surface area (Å²) in [5.41, 5.74) is 0. The highest BCUT2D eigenvalue weighted by molar-refractivity contribution is 4.59. The summed E-state index contributed by atoms with van der Waals surface area (Å²) >= 11 is 0. The highest BCUT2D eigenvalue weighted by Gasteiger charge is 2.17. The van der Waals surface area contributed by atoms with Crippen LogP contribution in [0.3, 0.4) is 0 Å². The summed E-state index contributed by atoms with van der Waals surface area (Å²) in [4.78, 5) is 0. The van der Waals surface area contributed by atoms with E-state index in [1.165, 1.54) is 0 Å². The molecule has 1 fully saturated rings. The fraction of sp³-hybridized carbons (Fsp3) is 1.00. The molecule has 4 nitrogen and oxygen atoms in total. The van der Waals surface area contributed by atoms with E-state index in [1.54, 1.807) is 0 Å². The van der Waals surface area contributed by atoms with E-state index >= 15 is 0 Å². The molecule has 12 heavy (non-hydrogen) atoms. The Bertz CT molecular complexity index is 106. The van der Waals surface area contributed by atoms with Gasteiger partial charge in [-0.25, -0.2) is 0 Å². The van der Waals surface area contributed by atoms with Gasteiger partial charge in [0.25, 0.3) is 0 Å². The van der Waals surface area contributed by atoms with Gasteiger partial charge in [-0.3, -0.25) is 0 Å². The summed E-state index contributed by atoms with van der Waals surface area (Å²) in [6.45, 7) is 1.38. The van der Waals surface area contributed by atoms with Crippen molar-refractivity contribution in [2.24, 2.45) is 5.92 Å². The molecule has 0 amide bonds. The van der Waals surface area contributed by atoms with Crippen molar-refractivity contribution in [1.29, 1.82) is 0 Å². The molecule has 0 spiro atoms. The minimum atomic E-state index is -0.120. The third-order valence-corrected chi connectivity index (χ3v) is 2.02. The first-order chi connectivity index (χ1) is 5.86. The van der Waals surface area contributed by atoms with Gasteiger partial charge in [-0.15, -0.1) is 0 Å². The van der Waals surface area contributed by atoms with Crippen molar-refractivity contribution in [1.82, 2.24) is 0 Å². The smallest absolute Gasteiger partial charge is 0.157 e. The molecule has 72 valence electrons. The van der Waals surface area contributed by atoms with Crippen molar-refractivity contribution in [3.63, 3.8) is 0 Å². The molecular weight excluding hydrogens is 160 g/mol. The summed E-state index contributed by atoms with van der Waals surface area (Å²) < 4.78 is 10.4. The topological polar surface area (TPSA) is 58.9 Å². The molecule has 0 aromatic rings. The Morgan fingerprint density at radius 1 is 1.17 bits per heavy atom. The normalized spacial score (nSPS) is 19.2. The number of aliphatic hydroxyl groups is 2. The molecule has 1 aliphatic rings. The van der Waals surface area contributed by atoms with Crippen LogP contribution < -0.4 is 0 Å². The number of aliphatic hydroxyl groups excluding tert-OH is 2. The molecular formula is C8H16O4. The van der Waals surface area contributed by atoms with E-state index in [-0.39, 0.29) is 25.4 Å². The molecule has 0 aromatic carbocycles. The summed E-state index contributed by atoms with van der Waals surface area (Å²) in [6, 6.07) is 0. The van der Waals surface area contributed by atoms with Gasteiger partial charge in [0.1, 0.15) is 0 Å². The number of hydrogen-bond acceptors (Lipinski definition) is 4. The third-order valence-electron chi connectivity index (χ3n) is 2.02. The molecule has 4 heteroatoms. The predicted molar refractivity (Wildman–Crippen MR) is 42.6 cm³/mol. The van der Waals surface area contributed by atoms with Crippen molar-refractivity contribution >= 4 is 0 Å². The van der Waals surface area contributed by atoms with Crippen LogP contribution in [-0.2, 0) is 9.47 Å². The van der Waals surface area contributed by atoms with E-state index in [0.29, 0.717) is 13.2 Å². The molecule has 0 atom stereocenters. The highest BCUT2D eigenvalue weighted by atomic mass is 16.7. The molecule has 1 aliphatic heterocycles. The summed E-state index contributed by atoms with van der Waals surface area (Å²) in [5, 5.41) is 17.5. The third kappa shape index (κ3) is 3.06. The average Bonchev–Trinajstić information content (AvgIpc) is 2.59. The lowest BCUT2D eigenvalue weighted by molar-refractivity contribution is -0.0526. The van der Waals surface area contributed by atoms with Gasteiger partial charge in [0, 0.05) is 19.1 Å². The quantitative estimate of drug-likeness (QED) is 0.606. The van der Waals surface area contributed by atoms with E-state index in [9.17, 15) is 0 Å². The summed E-state index contributed by atoms with van der Waals surface area (Å²) in [7, 11) is 0. The van der Waals surface area contributed by atoms with Gasteiger partial charge >= 0.3 is 0 Å². The largest absolute Gasteiger partial charge is 0.396 e. The van der Waals surface area contributed by atoms with Crippen LogP contribution in [-0.4, -0.2) is 42.9 Å². The van der Waals surface area contributed by atoms with Crippen LogP contribution in [0.2, 0.25) is 0 Å². The van der Waals surface area contributed by atoms with Gasteiger partial charge in [-0.1, -0.05) is 0 Å². The Labute approximate surface area is 72.1 Å². The SMILES string of the molecule is OCC(CO)CCC1OCCO1. The Morgan fingerprint density at radius 3 is 2.25 bits per heavy atom. The van der Waals surface area contributed by atoms with Crippen LogP contribution in [0.4, 0.5) is 0 Å². The molecule has 0 radical (unpaired) electrons. The van der Waals surface area contributed by atoms with Crippen LogP contribution >= 0.6 is 0 Å². The van der Waals surface area contributed by atoms with Crippen LogP contribution in [0.1, 0.15) is 12.8 Å². The maximum Gasteiger partial charge on any atom is 0.157 e. The first-order valence-corrected chi connectivity index (χ1v) is 4.31. The van der Waals surface area contributed by atoms with Crippen molar-refractivity contribution < 1.29 is 19.7 Å². The van der Waals surface area contributed by atoms with Crippen molar-refractivity contribution in [2.45, 2.75) is 19.1 Å². The van der Waals surface area contributed by atoms with Crippen molar-refractivity contribution in [3.8, 4) is 0 Å².